The third kappa shape index (κ3) is 5.22. The average Bonchev–Trinajstić information content (AvgIpc) is 2.95. The highest BCUT2D eigenvalue weighted by molar-refractivity contribution is 6.22. The fourth-order valence-corrected chi connectivity index (χ4v) is 3.76. The molecule has 0 aromatic heterocycles. The number of hydrogen-bond donors (Lipinski definition) is 2. The van der Waals surface area contributed by atoms with E-state index in [-0.39, 0.29) is 30.1 Å². The molecule has 0 atom stereocenters. The summed E-state index contributed by atoms with van der Waals surface area (Å²) < 4.78 is 0. The lowest BCUT2D eigenvalue weighted by atomic mass is 10.1. The molecule has 0 unspecified atom stereocenters. The molecule has 172 valence electrons. The predicted octanol–water partition coefficient (Wildman–Crippen LogP) is 1.74. The SMILES string of the molecule is CCN(CC)c1ccc(NC(=O)Nc2ccc3c(c2)C(=O)N(CC(C)C)C3=O)c(C)c1.[Cl-]. The second-order valence-corrected chi connectivity index (χ2v) is 8.13. The van der Waals surface area contributed by atoms with E-state index in [1.54, 1.807) is 18.2 Å². The zero-order valence-electron chi connectivity index (χ0n) is 19.2. The van der Waals surface area contributed by atoms with Gasteiger partial charge in [-0.2, -0.15) is 0 Å². The molecule has 1 aliphatic heterocycles. The van der Waals surface area contributed by atoms with Crippen molar-refractivity contribution < 1.29 is 26.8 Å². The summed E-state index contributed by atoms with van der Waals surface area (Å²) in [6, 6.07) is 10.3. The fraction of sp³-hybridized carbons (Fsp3) is 0.375. The Bertz CT molecular complexity index is 1020. The second kappa shape index (κ2) is 10.5. The second-order valence-electron chi connectivity index (χ2n) is 8.13. The lowest BCUT2D eigenvalue weighted by Crippen LogP contribution is -3.00. The zero-order valence-corrected chi connectivity index (χ0v) is 19.9. The highest BCUT2D eigenvalue weighted by atomic mass is 35.5. The van der Waals surface area contributed by atoms with Crippen molar-refractivity contribution in [1.29, 1.82) is 0 Å². The summed E-state index contributed by atoms with van der Waals surface area (Å²) in [6.45, 7) is 12.3. The van der Waals surface area contributed by atoms with Gasteiger partial charge in [0.15, 0.2) is 0 Å². The van der Waals surface area contributed by atoms with Gasteiger partial charge in [0.1, 0.15) is 0 Å². The van der Waals surface area contributed by atoms with Crippen LogP contribution in [0.25, 0.3) is 0 Å². The molecule has 0 spiro atoms. The summed E-state index contributed by atoms with van der Waals surface area (Å²) in [4.78, 5) is 41.1. The Morgan fingerprint density at radius 3 is 2.22 bits per heavy atom. The van der Waals surface area contributed by atoms with Gasteiger partial charge in [0.05, 0.1) is 11.1 Å². The molecule has 2 aromatic rings. The largest absolute Gasteiger partial charge is 1.00 e. The maximum atomic E-state index is 12.6. The van der Waals surface area contributed by atoms with Crippen molar-refractivity contribution in [3.8, 4) is 0 Å². The number of hydrogen-bond acceptors (Lipinski definition) is 4. The third-order valence-corrected chi connectivity index (χ3v) is 5.36. The van der Waals surface area contributed by atoms with E-state index in [0.717, 1.165) is 24.3 Å². The highest BCUT2D eigenvalue weighted by Gasteiger charge is 2.35. The Morgan fingerprint density at radius 1 is 0.969 bits per heavy atom. The number of amides is 4. The van der Waals surface area contributed by atoms with E-state index in [1.807, 2.05) is 39.0 Å². The molecular weight excluding hydrogens is 428 g/mol. The van der Waals surface area contributed by atoms with Gasteiger partial charge in [-0.25, -0.2) is 4.79 Å². The van der Waals surface area contributed by atoms with Crippen molar-refractivity contribution in [2.45, 2.75) is 34.6 Å². The Balaban J connectivity index is 0.00000363. The molecule has 4 amide bonds. The first-order chi connectivity index (χ1) is 14.7. The molecule has 2 N–H and O–H groups in total. The van der Waals surface area contributed by atoms with Crippen molar-refractivity contribution in [2.75, 3.05) is 35.2 Å². The molecule has 0 saturated heterocycles. The number of urea groups is 1. The quantitative estimate of drug-likeness (QED) is 0.620. The summed E-state index contributed by atoms with van der Waals surface area (Å²) in [7, 11) is 0. The van der Waals surface area contributed by atoms with Gasteiger partial charge in [-0.15, -0.1) is 0 Å². The lowest BCUT2D eigenvalue weighted by Gasteiger charge is -2.22. The van der Waals surface area contributed by atoms with E-state index in [4.69, 9.17) is 0 Å². The van der Waals surface area contributed by atoms with Crippen LogP contribution in [0.5, 0.6) is 0 Å². The first-order valence-corrected chi connectivity index (χ1v) is 10.7. The van der Waals surface area contributed by atoms with Gasteiger partial charge in [0, 0.05) is 36.7 Å². The van der Waals surface area contributed by atoms with Gasteiger partial charge < -0.3 is 27.9 Å². The van der Waals surface area contributed by atoms with E-state index in [0.29, 0.717) is 29.0 Å². The molecule has 2 aromatic carbocycles. The Hall–Kier alpha value is -3.06. The average molecular weight is 458 g/mol. The van der Waals surface area contributed by atoms with Crippen molar-refractivity contribution in [3.05, 3.63) is 53.1 Å². The smallest absolute Gasteiger partial charge is 0.323 e. The van der Waals surface area contributed by atoms with Crippen LogP contribution in [-0.4, -0.2) is 42.4 Å². The highest BCUT2D eigenvalue weighted by Crippen LogP contribution is 2.27. The maximum Gasteiger partial charge on any atom is 0.323 e. The summed E-state index contributed by atoms with van der Waals surface area (Å²) in [5, 5.41) is 5.61. The van der Waals surface area contributed by atoms with Crippen LogP contribution >= 0.6 is 0 Å². The van der Waals surface area contributed by atoms with E-state index in [1.165, 1.54) is 4.90 Å². The number of aryl methyl sites for hydroxylation is 1. The van der Waals surface area contributed by atoms with Crippen molar-refractivity contribution in [1.82, 2.24) is 4.90 Å². The summed E-state index contributed by atoms with van der Waals surface area (Å²) in [5.41, 5.74) is 3.94. The molecule has 1 heterocycles. The van der Waals surface area contributed by atoms with E-state index in [2.05, 4.69) is 29.4 Å². The molecule has 0 bridgehead atoms. The third-order valence-electron chi connectivity index (χ3n) is 5.36. The zero-order chi connectivity index (χ0) is 22.7. The van der Waals surface area contributed by atoms with Gasteiger partial charge in [-0.05, 0) is 68.7 Å². The molecule has 7 nitrogen and oxygen atoms in total. The molecule has 8 heteroatoms. The van der Waals surface area contributed by atoms with Gasteiger partial charge in [-0.3, -0.25) is 14.5 Å². The van der Waals surface area contributed by atoms with Gasteiger partial charge >= 0.3 is 6.03 Å². The molecular formula is C24H30ClN4O3-. The number of anilines is 3. The number of benzene rings is 2. The molecule has 0 aliphatic carbocycles. The minimum absolute atomic E-state index is 0. The summed E-state index contributed by atoms with van der Waals surface area (Å²) in [5.74, 6) is -0.420. The number of imide groups is 1. The number of rotatable bonds is 7. The van der Waals surface area contributed by atoms with E-state index < -0.39 is 6.03 Å². The Kier molecular flexibility index (Phi) is 8.27. The molecule has 0 fully saturated rings. The normalized spacial score (nSPS) is 12.5. The van der Waals surface area contributed by atoms with Crippen LogP contribution in [0.1, 0.15) is 54.0 Å². The van der Waals surface area contributed by atoms with Crippen LogP contribution in [0.3, 0.4) is 0 Å². The van der Waals surface area contributed by atoms with Crippen molar-refractivity contribution in [3.63, 3.8) is 0 Å². The molecule has 1 aliphatic rings. The summed E-state index contributed by atoms with van der Waals surface area (Å²) in [6.07, 6.45) is 0. The summed E-state index contributed by atoms with van der Waals surface area (Å²) >= 11 is 0. The number of halogens is 1. The number of nitrogens with one attached hydrogen (secondary N) is 2. The minimum Gasteiger partial charge on any atom is -1.00 e. The van der Waals surface area contributed by atoms with E-state index in [9.17, 15) is 14.4 Å². The van der Waals surface area contributed by atoms with Crippen LogP contribution in [0.2, 0.25) is 0 Å². The number of nitrogens with zero attached hydrogens (tertiary/aromatic N) is 2. The predicted molar refractivity (Wildman–Crippen MR) is 124 cm³/mol. The lowest BCUT2D eigenvalue weighted by molar-refractivity contribution is -0.0000322. The van der Waals surface area contributed by atoms with Crippen molar-refractivity contribution >= 4 is 34.9 Å². The molecule has 0 saturated carbocycles. The van der Waals surface area contributed by atoms with Gasteiger partial charge in [0.2, 0.25) is 0 Å². The minimum atomic E-state index is -0.408. The monoisotopic (exact) mass is 457 g/mol. The number of carbonyl (C=O) groups excluding carboxylic acids is 3. The maximum absolute atomic E-state index is 12.6. The Morgan fingerprint density at radius 2 is 1.62 bits per heavy atom. The van der Waals surface area contributed by atoms with Crippen LogP contribution in [0, 0.1) is 12.8 Å². The van der Waals surface area contributed by atoms with Crippen LogP contribution in [-0.2, 0) is 0 Å². The van der Waals surface area contributed by atoms with Crippen LogP contribution in [0.15, 0.2) is 36.4 Å². The molecule has 0 radical (unpaired) electrons. The van der Waals surface area contributed by atoms with Gasteiger partial charge in [-0.1, -0.05) is 13.8 Å². The first kappa shape index (κ1) is 25.2. The fourth-order valence-electron chi connectivity index (χ4n) is 3.76. The number of carbonyl (C=O) groups is 3. The molecule has 32 heavy (non-hydrogen) atoms. The van der Waals surface area contributed by atoms with Gasteiger partial charge in [0.25, 0.3) is 11.8 Å². The van der Waals surface area contributed by atoms with Crippen LogP contribution in [0.4, 0.5) is 21.9 Å². The number of fused-ring (bicyclic) bond motifs is 1. The first-order valence-electron chi connectivity index (χ1n) is 10.7. The van der Waals surface area contributed by atoms with Crippen molar-refractivity contribution in [2.24, 2.45) is 5.92 Å². The topological polar surface area (TPSA) is 81.8 Å². The Labute approximate surface area is 195 Å². The van der Waals surface area contributed by atoms with E-state index >= 15 is 0 Å². The standard InChI is InChI=1S/C24H30N4O3.ClH/c1-6-27(7-2)18-9-11-21(16(5)12-18)26-24(31)25-17-8-10-19-20(13-17)23(30)28(22(19)29)14-15(3)4;/h8-13,15H,6-7,14H2,1-5H3,(H2,25,26,31);1H/p-1. The molecule has 3 rings (SSSR count). The van der Waals surface area contributed by atoms with Crippen LogP contribution < -0.4 is 27.9 Å².